The maximum absolute atomic E-state index is 12.6. The molecule has 0 aliphatic rings. The lowest BCUT2D eigenvalue weighted by atomic mass is 10.1. The Balaban J connectivity index is 1.78. The van der Waals surface area contributed by atoms with Crippen LogP contribution in [0.2, 0.25) is 0 Å². The number of nitro benzene ring substituents is 1. The van der Waals surface area contributed by atoms with Gasteiger partial charge in [-0.3, -0.25) is 15.4 Å². The molecule has 1 amide bonds. The number of carbonyl (C=O) groups excluding carboxylic acids is 2. The first-order chi connectivity index (χ1) is 16.8. The summed E-state index contributed by atoms with van der Waals surface area (Å²) in [5.41, 5.74) is 0.117. The van der Waals surface area contributed by atoms with E-state index in [1.165, 1.54) is 31.4 Å². The lowest BCUT2D eigenvalue weighted by molar-refractivity contribution is -0.384. The highest BCUT2D eigenvalue weighted by Crippen LogP contribution is 2.27. The fourth-order valence-corrected chi connectivity index (χ4v) is 3.19. The number of nitro groups is 1. The van der Waals surface area contributed by atoms with Crippen LogP contribution in [0.4, 0.5) is 21.9 Å². The van der Waals surface area contributed by atoms with Crippen LogP contribution in [0.1, 0.15) is 22.8 Å². The van der Waals surface area contributed by atoms with Gasteiger partial charge >= 0.3 is 17.7 Å². The Morgan fingerprint density at radius 1 is 1.11 bits per heavy atom. The molecule has 0 saturated heterocycles. The van der Waals surface area contributed by atoms with Gasteiger partial charge in [0.2, 0.25) is 0 Å². The SMILES string of the molecule is CCOC(=O)Nc1ccc2c(COC(=O)c3ccc(NCCOC)c([N+](=O)[O-])c3)cc(=O)oc2c1. The summed E-state index contributed by atoms with van der Waals surface area (Å²) in [6.07, 6.45) is -0.659. The van der Waals surface area contributed by atoms with Crippen LogP contribution in [-0.4, -0.2) is 43.9 Å². The smallest absolute Gasteiger partial charge is 0.411 e. The number of esters is 1. The molecule has 35 heavy (non-hydrogen) atoms. The molecule has 0 spiro atoms. The summed E-state index contributed by atoms with van der Waals surface area (Å²) < 4.78 is 20.2. The lowest BCUT2D eigenvalue weighted by Crippen LogP contribution is -2.13. The largest absolute Gasteiger partial charge is 0.457 e. The first-order valence-corrected chi connectivity index (χ1v) is 10.5. The first-order valence-electron chi connectivity index (χ1n) is 10.5. The van der Waals surface area contributed by atoms with Crippen LogP contribution in [0.5, 0.6) is 0 Å². The van der Waals surface area contributed by atoms with E-state index in [1.807, 2.05) is 0 Å². The van der Waals surface area contributed by atoms with E-state index in [-0.39, 0.29) is 35.7 Å². The van der Waals surface area contributed by atoms with Gasteiger partial charge in [-0.25, -0.2) is 14.4 Å². The number of nitrogens with zero attached hydrogens (tertiary/aromatic N) is 1. The summed E-state index contributed by atoms with van der Waals surface area (Å²) in [7, 11) is 1.51. The second-order valence-corrected chi connectivity index (χ2v) is 7.13. The van der Waals surface area contributed by atoms with Crippen molar-refractivity contribution in [3.63, 3.8) is 0 Å². The molecule has 3 rings (SSSR count). The monoisotopic (exact) mass is 485 g/mol. The number of carbonyl (C=O) groups is 2. The van der Waals surface area contributed by atoms with Crippen LogP contribution in [0.15, 0.2) is 51.7 Å². The molecule has 1 heterocycles. The molecule has 0 atom stereocenters. The number of nitrogens with one attached hydrogen (secondary N) is 2. The van der Waals surface area contributed by atoms with E-state index in [0.717, 1.165) is 6.07 Å². The van der Waals surface area contributed by atoms with Crippen molar-refractivity contribution < 1.29 is 33.1 Å². The van der Waals surface area contributed by atoms with Gasteiger partial charge in [0.25, 0.3) is 5.69 Å². The van der Waals surface area contributed by atoms with Gasteiger partial charge in [0.1, 0.15) is 17.9 Å². The van der Waals surface area contributed by atoms with Gasteiger partial charge in [-0.15, -0.1) is 0 Å². The molecule has 0 fully saturated rings. The highest BCUT2D eigenvalue weighted by atomic mass is 16.6. The van der Waals surface area contributed by atoms with Gasteiger partial charge in [-0.1, -0.05) is 0 Å². The third-order valence-electron chi connectivity index (χ3n) is 4.76. The average molecular weight is 485 g/mol. The van der Waals surface area contributed by atoms with E-state index in [0.29, 0.717) is 29.8 Å². The third-order valence-corrected chi connectivity index (χ3v) is 4.76. The minimum atomic E-state index is -0.807. The van der Waals surface area contributed by atoms with E-state index in [4.69, 9.17) is 18.6 Å². The molecule has 2 N–H and O–H groups in total. The molecule has 0 aliphatic heterocycles. The molecule has 12 heteroatoms. The van der Waals surface area contributed by atoms with E-state index >= 15 is 0 Å². The van der Waals surface area contributed by atoms with Crippen LogP contribution < -0.4 is 16.3 Å². The van der Waals surface area contributed by atoms with Crippen molar-refractivity contribution in [2.24, 2.45) is 0 Å². The highest BCUT2D eigenvalue weighted by molar-refractivity contribution is 5.92. The number of hydrogen-bond acceptors (Lipinski definition) is 10. The number of methoxy groups -OCH3 is 1. The summed E-state index contributed by atoms with van der Waals surface area (Å²) in [4.78, 5) is 47.0. The highest BCUT2D eigenvalue weighted by Gasteiger charge is 2.19. The van der Waals surface area contributed by atoms with E-state index in [9.17, 15) is 24.5 Å². The van der Waals surface area contributed by atoms with Crippen molar-refractivity contribution >= 4 is 40.1 Å². The summed E-state index contributed by atoms with van der Waals surface area (Å²) in [6.45, 7) is 2.27. The maximum atomic E-state index is 12.6. The van der Waals surface area contributed by atoms with Crippen LogP contribution in [0.3, 0.4) is 0 Å². The van der Waals surface area contributed by atoms with Gasteiger partial charge in [-0.2, -0.15) is 0 Å². The molecule has 1 aromatic heterocycles. The number of amides is 1. The Bertz CT molecular complexity index is 1300. The van der Waals surface area contributed by atoms with Gasteiger partial charge in [0.15, 0.2) is 0 Å². The summed E-state index contributed by atoms with van der Waals surface area (Å²) >= 11 is 0. The average Bonchev–Trinajstić information content (AvgIpc) is 2.82. The molecule has 3 aromatic rings. The summed E-state index contributed by atoms with van der Waals surface area (Å²) in [6, 6.07) is 9.71. The van der Waals surface area contributed by atoms with Crippen LogP contribution in [-0.2, 0) is 20.8 Å². The Kier molecular flexibility index (Phi) is 8.35. The number of rotatable bonds is 10. The minimum absolute atomic E-state index is 0.0258. The van der Waals surface area contributed by atoms with Crippen LogP contribution in [0.25, 0.3) is 11.0 Å². The Hall–Kier alpha value is -4.45. The van der Waals surface area contributed by atoms with Crippen molar-refractivity contribution in [1.29, 1.82) is 0 Å². The van der Waals surface area contributed by atoms with Crippen LogP contribution in [0, 0.1) is 10.1 Å². The number of anilines is 2. The van der Waals surface area contributed by atoms with Crippen molar-refractivity contribution in [2.75, 3.05) is 37.5 Å². The van der Waals surface area contributed by atoms with Crippen molar-refractivity contribution in [1.82, 2.24) is 0 Å². The van der Waals surface area contributed by atoms with E-state index in [1.54, 1.807) is 19.1 Å². The van der Waals surface area contributed by atoms with E-state index in [2.05, 4.69) is 10.6 Å². The molecule has 0 radical (unpaired) electrons. The van der Waals surface area contributed by atoms with Crippen molar-refractivity contribution in [3.05, 3.63) is 74.1 Å². The fourth-order valence-electron chi connectivity index (χ4n) is 3.19. The molecule has 0 aliphatic carbocycles. The zero-order valence-electron chi connectivity index (χ0n) is 19.0. The Labute approximate surface area is 198 Å². The third kappa shape index (κ3) is 6.54. The second kappa shape index (κ2) is 11.6. The molecule has 2 aromatic carbocycles. The zero-order chi connectivity index (χ0) is 25.4. The number of fused-ring (bicyclic) bond motifs is 1. The quantitative estimate of drug-likeness (QED) is 0.143. The predicted octanol–water partition coefficient (Wildman–Crippen LogP) is 3.68. The van der Waals surface area contributed by atoms with Crippen molar-refractivity contribution in [2.45, 2.75) is 13.5 Å². The maximum Gasteiger partial charge on any atom is 0.411 e. The predicted molar refractivity (Wildman–Crippen MR) is 126 cm³/mol. The summed E-state index contributed by atoms with van der Waals surface area (Å²) in [5.74, 6) is -0.807. The molecule has 12 nitrogen and oxygen atoms in total. The Morgan fingerprint density at radius 2 is 1.91 bits per heavy atom. The van der Waals surface area contributed by atoms with Gasteiger partial charge in [0, 0.05) is 48.5 Å². The topological polar surface area (TPSA) is 159 Å². The minimum Gasteiger partial charge on any atom is -0.457 e. The normalized spacial score (nSPS) is 10.6. The summed E-state index contributed by atoms with van der Waals surface area (Å²) in [5, 5.41) is 17.3. The van der Waals surface area contributed by atoms with E-state index < -0.39 is 22.6 Å². The first kappa shape index (κ1) is 25.2. The van der Waals surface area contributed by atoms with Gasteiger partial charge in [0.05, 0.1) is 23.7 Å². The molecule has 184 valence electrons. The number of hydrogen-bond donors (Lipinski definition) is 2. The van der Waals surface area contributed by atoms with Gasteiger partial charge < -0.3 is 23.9 Å². The van der Waals surface area contributed by atoms with Crippen molar-refractivity contribution in [3.8, 4) is 0 Å². The molecule has 0 unspecified atom stereocenters. The molecule has 0 bridgehead atoms. The molecular formula is C23H23N3O9. The Morgan fingerprint density at radius 3 is 2.63 bits per heavy atom. The number of benzene rings is 2. The standard InChI is InChI=1S/C23H23N3O9/c1-3-33-23(29)25-16-5-6-17-15(11-21(27)35-20(17)12-16)13-34-22(28)14-4-7-18(24-8-9-32-2)19(10-14)26(30)31/h4-7,10-12,24H,3,8-9,13H2,1-2H3,(H,25,29). The molecular weight excluding hydrogens is 462 g/mol. The van der Waals surface area contributed by atoms with Gasteiger partial charge in [-0.05, 0) is 31.2 Å². The second-order valence-electron chi connectivity index (χ2n) is 7.13. The zero-order valence-corrected chi connectivity index (χ0v) is 19.0. The molecule has 0 saturated carbocycles. The number of ether oxygens (including phenoxy) is 3. The van der Waals surface area contributed by atoms with Crippen LogP contribution >= 0.6 is 0 Å². The fraction of sp³-hybridized carbons (Fsp3) is 0.261. The lowest BCUT2D eigenvalue weighted by Gasteiger charge is -2.10.